The third kappa shape index (κ3) is 5.59. The average Bonchev–Trinajstić information content (AvgIpc) is 3.21. The Labute approximate surface area is 236 Å². The van der Waals surface area contributed by atoms with Crippen molar-refractivity contribution in [2.75, 3.05) is 33.3 Å². The van der Waals surface area contributed by atoms with Crippen LogP contribution in [0.5, 0.6) is 5.75 Å². The van der Waals surface area contributed by atoms with Crippen molar-refractivity contribution in [3.8, 4) is 5.75 Å². The van der Waals surface area contributed by atoms with E-state index in [1.54, 1.807) is 31.5 Å². The molecule has 1 spiro atoms. The molecule has 2 N–H and O–H groups in total. The molecule has 0 saturated carbocycles. The maximum Gasteiger partial charge on any atom is 0.422 e. The number of hydrogen-bond donors (Lipinski definition) is 2. The number of nitrogens with zero attached hydrogens (tertiary/aromatic N) is 2. The molecule has 3 heterocycles. The van der Waals surface area contributed by atoms with Crippen LogP contribution in [0.25, 0.3) is 6.08 Å². The van der Waals surface area contributed by atoms with Gasteiger partial charge in [0.1, 0.15) is 29.7 Å². The number of urea groups is 1. The molecule has 1 atom stereocenters. The first-order valence-electron chi connectivity index (χ1n) is 13.1. The number of quaternary nitrogens is 1. The van der Waals surface area contributed by atoms with Crippen LogP contribution >= 0.6 is 11.6 Å². The average molecular weight is 572 g/mol. The summed E-state index contributed by atoms with van der Waals surface area (Å²) in [6, 6.07) is 14.4. The molecule has 40 heavy (non-hydrogen) atoms. The highest BCUT2D eigenvalue weighted by Gasteiger charge is 2.57. The van der Waals surface area contributed by atoms with E-state index in [1.165, 1.54) is 6.07 Å². The van der Waals surface area contributed by atoms with Crippen molar-refractivity contribution < 1.29 is 22.7 Å². The van der Waals surface area contributed by atoms with E-state index in [0.29, 0.717) is 17.4 Å². The van der Waals surface area contributed by atoms with Crippen molar-refractivity contribution in [1.29, 1.82) is 0 Å². The van der Waals surface area contributed by atoms with E-state index in [2.05, 4.69) is 15.6 Å². The summed E-state index contributed by atoms with van der Waals surface area (Å²) in [5.74, 6) is 0.720. The molecule has 1 fully saturated rings. The number of ether oxygens (including phenoxy) is 1. The molecule has 0 aliphatic carbocycles. The highest BCUT2D eigenvalue weighted by Crippen LogP contribution is 2.51. The fourth-order valence-corrected chi connectivity index (χ4v) is 6.12. The van der Waals surface area contributed by atoms with Crippen molar-refractivity contribution in [2.45, 2.75) is 31.0 Å². The molecule has 1 aromatic heterocycles. The van der Waals surface area contributed by atoms with Gasteiger partial charge in [-0.3, -0.25) is 0 Å². The number of carbonyl (C=O) groups is 1. The zero-order valence-corrected chi connectivity index (χ0v) is 22.9. The lowest BCUT2D eigenvalue weighted by Crippen LogP contribution is -2.60. The van der Waals surface area contributed by atoms with E-state index >= 15 is 0 Å². The van der Waals surface area contributed by atoms with Crippen LogP contribution in [0.4, 0.5) is 23.7 Å². The first kappa shape index (κ1) is 28.1. The minimum Gasteiger partial charge on any atom is -0.497 e. The van der Waals surface area contributed by atoms with Gasteiger partial charge in [-0.25, -0.2) is 14.3 Å². The van der Waals surface area contributed by atoms with Crippen molar-refractivity contribution in [2.24, 2.45) is 0 Å². The highest BCUT2D eigenvalue weighted by molar-refractivity contribution is 6.29. The predicted molar refractivity (Wildman–Crippen MR) is 150 cm³/mol. The maximum absolute atomic E-state index is 14.2. The van der Waals surface area contributed by atoms with Crippen molar-refractivity contribution >= 4 is 29.4 Å². The highest BCUT2D eigenvalue weighted by atomic mass is 35.5. The molecular formula is C30H31ClF3N4O2+. The Bertz CT molecular complexity index is 1400. The lowest BCUT2D eigenvalue weighted by atomic mass is 9.74. The minimum absolute atomic E-state index is 0.173. The third-order valence-corrected chi connectivity index (χ3v) is 8.16. The molecule has 2 aliphatic heterocycles. The van der Waals surface area contributed by atoms with E-state index in [1.807, 2.05) is 36.4 Å². The number of hydrogen-bond acceptors (Lipinski definition) is 4. The number of alkyl halides is 3. The molecular weight excluding hydrogens is 541 g/mol. The van der Waals surface area contributed by atoms with Gasteiger partial charge in [0.05, 0.1) is 18.1 Å². The minimum atomic E-state index is -4.53. The maximum atomic E-state index is 14.2. The summed E-state index contributed by atoms with van der Waals surface area (Å²) in [6.45, 7) is 2.21. The zero-order valence-electron chi connectivity index (χ0n) is 22.1. The van der Waals surface area contributed by atoms with Crippen molar-refractivity contribution in [3.63, 3.8) is 0 Å². The van der Waals surface area contributed by atoms with Crippen LogP contribution in [0, 0.1) is 0 Å². The number of pyridine rings is 1. The monoisotopic (exact) mass is 571 g/mol. The van der Waals surface area contributed by atoms with Crippen LogP contribution in [-0.2, 0) is 18.1 Å². The normalized spacial score (nSPS) is 20.0. The van der Waals surface area contributed by atoms with Crippen LogP contribution in [0.15, 0.2) is 66.9 Å². The SMILES string of the molecule is COc1ccc(/C=C/C[N+]2(C(=O)NCc3ccnc(Cl)c3)CC3(CCNCC3)c3ccc(C(F)(F)F)cc32)cc1. The second-order valence-electron chi connectivity index (χ2n) is 10.4. The number of nitrogens with one attached hydrogen (secondary N) is 2. The molecule has 6 nitrogen and oxygen atoms in total. The zero-order chi connectivity index (χ0) is 28.4. The quantitative estimate of drug-likeness (QED) is 0.268. The predicted octanol–water partition coefficient (Wildman–Crippen LogP) is 6.33. The van der Waals surface area contributed by atoms with E-state index in [4.69, 9.17) is 16.3 Å². The molecule has 0 bridgehead atoms. The molecule has 2 aliphatic rings. The van der Waals surface area contributed by atoms with Gasteiger partial charge in [0.15, 0.2) is 0 Å². The molecule has 3 aromatic rings. The Hall–Kier alpha value is -3.40. The number of carbonyl (C=O) groups excluding carboxylic acids is 1. The number of amides is 2. The summed E-state index contributed by atoms with van der Waals surface area (Å²) < 4.78 is 46.7. The van der Waals surface area contributed by atoms with Crippen LogP contribution in [0.1, 0.15) is 35.1 Å². The summed E-state index contributed by atoms with van der Waals surface area (Å²) in [6.07, 6.45) is 2.25. The molecule has 1 unspecified atom stereocenters. The van der Waals surface area contributed by atoms with E-state index in [-0.39, 0.29) is 23.6 Å². The third-order valence-electron chi connectivity index (χ3n) is 7.96. The Morgan fingerprint density at radius 3 is 2.58 bits per heavy atom. The summed E-state index contributed by atoms with van der Waals surface area (Å²) in [5, 5.41) is 6.65. The van der Waals surface area contributed by atoms with Gasteiger partial charge in [-0.1, -0.05) is 35.9 Å². The molecule has 210 valence electrons. The van der Waals surface area contributed by atoms with Gasteiger partial charge >= 0.3 is 12.2 Å². The Morgan fingerprint density at radius 1 is 1.15 bits per heavy atom. The van der Waals surface area contributed by atoms with Gasteiger partial charge in [-0.2, -0.15) is 13.2 Å². The molecule has 1 saturated heterocycles. The Balaban J connectivity index is 1.56. The molecule has 10 heteroatoms. The van der Waals surface area contributed by atoms with Crippen molar-refractivity contribution in [3.05, 3.63) is 94.3 Å². The topological polar surface area (TPSA) is 63.2 Å². The van der Waals surface area contributed by atoms with Crippen LogP contribution in [-0.4, -0.2) is 44.3 Å². The second kappa shape index (κ2) is 11.2. The lowest BCUT2D eigenvalue weighted by molar-refractivity contribution is -0.137. The Morgan fingerprint density at radius 2 is 1.90 bits per heavy atom. The largest absolute Gasteiger partial charge is 0.497 e. The number of benzene rings is 2. The molecule has 5 rings (SSSR count). The molecule has 2 amide bonds. The van der Waals surface area contributed by atoms with Gasteiger partial charge in [0.25, 0.3) is 0 Å². The van der Waals surface area contributed by atoms with Crippen molar-refractivity contribution in [1.82, 2.24) is 20.1 Å². The number of rotatable bonds is 6. The van der Waals surface area contributed by atoms with Gasteiger partial charge in [-0.15, -0.1) is 0 Å². The number of methoxy groups -OCH3 is 1. The van der Waals surface area contributed by atoms with Gasteiger partial charge in [0, 0.05) is 24.4 Å². The fourth-order valence-electron chi connectivity index (χ4n) is 5.92. The van der Waals surface area contributed by atoms with E-state index in [9.17, 15) is 18.0 Å². The summed E-state index contributed by atoms with van der Waals surface area (Å²) in [5.41, 5.74) is 1.71. The van der Waals surface area contributed by atoms with Crippen LogP contribution < -0.4 is 19.9 Å². The van der Waals surface area contributed by atoms with E-state index < -0.39 is 17.2 Å². The second-order valence-corrected chi connectivity index (χ2v) is 10.8. The fraction of sp³-hybridized carbons (Fsp3) is 0.333. The Kier molecular flexibility index (Phi) is 7.90. The van der Waals surface area contributed by atoms with Crippen LogP contribution in [0.2, 0.25) is 5.15 Å². The van der Waals surface area contributed by atoms with Gasteiger partial charge < -0.3 is 15.4 Å². The van der Waals surface area contributed by atoms with Gasteiger partial charge in [0.2, 0.25) is 0 Å². The van der Waals surface area contributed by atoms with Gasteiger partial charge in [-0.05, 0) is 73.5 Å². The smallest absolute Gasteiger partial charge is 0.422 e. The summed E-state index contributed by atoms with van der Waals surface area (Å²) >= 11 is 6.03. The first-order valence-corrected chi connectivity index (χ1v) is 13.5. The molecule has 0 radical (unpaired) electrons. The number of fused-ring (bicyclic) bond motifs is 2. The van der Waals surface area contributed by atoms with Crippen LogP contribution in [0.3, 0.4) is 0 Å². The standard InChI is InChI=1S/C30H30ClF3N4O2/c1-40-24-7-4-21(5-8-24)3-2-16-38(28(39)37-19-22-10-13-36-27(31)17-22)20-29(11-14-35-15-12-29)25-9-6-23(18-26(25)38)30(32,33)34/h2-10,13,17-18,35H,11-12,14-16,19-20H2,1H3/p+1/b3-2+. The van der Waals surface area contributed by atoms with E-state index in [0.717, 1.165) is 54.4 Å². The lowest BCUT2D eigenvalue weighted by Gasteiger charge is -2.36. The number of aromatic nitrogens is 1. The molecule has 2 aromatic carbocycles. The first-order chi connectivity index (χ1) is 19.1. The number of piperidine rings is 1. The summed E-state index contributed by atoms with van der Waals surface area (Å²) in [4.78, 5) is 18.1. The summed E-state index contributed by atoms with van der Waals surface area (Å²) in [7, 11) is 1.59. The number of halogens is 4.